The monoisotopic (exact) mass is 279 g/mol. The first-order chi connectivity index (χ1) is 9.05. The lowest BCUT2D eigenvalue weighted by atomic mass is 9.95. The largest absolute Gasteiger partial charge is 0.309 e. The Labute approximate surface area is 122 Å². The minimum Gasteiger partial charge on any atom is -0.309 e. The normalized spacial score (nSPS) is 19.1. The molecule has 0 aromatic carbocycles. The van der Waals surface area contributed by atoms with Gasteiger partial charge in [0, 0.05) is 22.3 Å². The van der Waals surface area contributed by atoms with Crippen LogP contribution in [0.15, 0.2) is 12.1 Å². The molecule has 0 amide bonds. The lowest BCUT2D eigenvalue weighted by molar-refractivity contribution is 0.390. The van der Waals surface area contributed by atoms with E-state index in [9.17, 15) is 0 Å². The van der Waals surface area contributed by atoms with E-state index in [4.69, 9.17) is 0 Å². The standard InChI is InChI=1S/C17H29NS/c1-17(2,3)16-12-11-15(19-16)13-18-14-9-7-5-4-6-8-10-14/h11-12,14,18H,4-10,13H2,1-3H3. The van der Waals surface area contributed by atoms with E-state index in [1.54, 1.807) is 0 Å². The van der Waals surface area contributed by atoms with Gasteiger partial charge in [0.05, 0.1) is 0 Å². The molecule has 2 rings (SSSR count). The van der Waals surface area contributed by atoms with Gasteiger partial charge in [-0.3, -0.25) is 0 Å². The van der Waals surface area contributed by atoms with E-state index in [0.29, 0.717) is 5.41 Å². The second-order valence-electron chi connectivity index (χ2n) is 6.94. The van der Waals surface area contributed by atoms with Crippen LogP contribution in [0.1, 0.15) is 75.5 Å². The van der Waals surface area contributed by atoms with Crippen molar-refractivity contribution in [3.8, 4) is 0 Å². The third-order valence-electron chi connectivity index (χ3n) is 4.07. The highest BCUT2D eigenvalue weighted by Gasteiger charge is 2.16. The Balaban J connectivity index is 1.82. The predicted molar refractivity (Wildman–Crippen MR) is 86.0 cm³/mol. The van der Waals surface area contributed by atoms with Gasteiger partial charge in [-0.1, -0.05) is 52.9 Å². The van der Waals surface area contributed by atoms with Crippen molar-refractivity contribution in [2.75, 3.05) is 0 Å². The Morgan fingerprint density at radius 2 is 1.68 bits per heavy atom. The molecule has 1 aromatic heterocycles. The molecular formula is C17H29NS. The van der Waals surface area contributed by atoms with Crippen LogP contribution in [0.4, 0.5) is 0 Å². The van der Waals surface area contributed by atoms with Gasteiger partial charge in [0.1, 0.15) is 0 Å². The molecule has 1 aromatic rings. The van der Waals surface area contributed by atoms with Crippen molar-refractivity contribution in [3.05, 3.63) is 21.9 Å². The average molecular weight is 279 g/mol. The van der Waals surface area contributed by atoms with Crippen LogP contribution in [0.25, 0.3) is 0 Å². The predicted octanol–water partition coefficient (Wildman–Crippen LogP) is 5.25. The molecule has 19 heavy (non-hydrogen) atoms. The molecule has 1 fully saturated rings. The van der Waals surface area contributed by atoms with Gasteiger partial charge in [-0.25, -0.2) is 0 Å². The zero-order valence-corrected chi connectivity index (χ0v) is 13.6. The molecule has 1 aliphatic carbocycles. The summed E-state index contributed by atoms with van der Waals surface area (Å²) in [6, 6.07) is 5.36. The van der Waals surface area contributed by atoms with E-state index < -0.39 is 0 Å². The van der Waals surface area contributed by atoms with E-state index in [-0.39, 0.29) is 0 Å². The van der Waals surface area contributed by atoms with Crippen LogP contribution in [0.3, 0.4) is 0 Å². The third-order valence-corrected chi connectivity index (χ3v) is 5.58. The van der Waals surface area contributed by atoms with Crippen LogP contribution in [0.5, 0.6) is 0 Å². The Bertz CT molecular complexity index is 367. The Morgan fingerprint density at radius 1 is 1.05 bits per heavy atom. The minimum atomic E-state index is 0.295. The fraction of sp³-hybridized carbons (Fsp3) is 0.765. The van der Waals surface area contributed by atoms with E-state index >= 15 is 0 Å². The van der Waals surface area contributed by atoms with Gasteiger partial charge in [0.15, 0.2) is 0 Å². The maximum Gasteiger partial charge on any atom is 0.0302 e. The lowest BCUT2D eigenvalue weighted by Gasteiger charge is -2.20. The molecule has 0 bridgehead atoms. The zero-order valence-electron chi connectivity index (χ0n) is 12.8. The molecule has 1 saturated carbocycles. The van der Waals surface area contributed by atoms with Crippen LogP contribution >= 0.6 is 11.3 Å². The molecule has 0 atom stereocenters. The molecule has 1 N–H and O–H groups in total. The highest BCUT2D eigenvalue weighted by Crippen LogP contribution is 2.29. The molecule has 0 unspecified atom stereocenters. The molecule has 1 nitrogen and oxygen atoms in total. The number of hydrogen-bond donors (Lipinski definition) is 1. The van der Waals surface area contributed by atoms with Crippen LogP contribution in [0.2, 0.25) is 0 Å². The third kappa shape index (κ3) is 4.92. The lowest BCUT2D eigenvalue weighted by Crippen LogP contribution is -2.28. The van der Waals surface area contributed by atoms with Gasteiger partial charge in [-0.15, -0.1) is 11.3 Å². The van der Waals surface area contributed by atoms with Gasteiger partial charge >= 0.3 is 0 Å². The summed E-state index contributed by atoms with van der Waals surface area (Å²) in [5.74, 6) is 0. The van der Waals surface area contributed by atoms with E-state index in [1.807, 2.05) is 11.3 Å². The number of nitrogens with one attached hydrogen (secondary N) is 1. The van der Waals surface area contributed by atoms with Gasteiger partial charge < -0.3 is 5.32 Å². The molecule has 0 aliphatic heterocycles. The van der Waals surface area contributed by atoms with Crippen LogP contribution in [-0.4, -0.2) is 6.04 Å². The summed E-state index contributed by atoms with van der Waals surface area (Å²) >= 11 is 1.98. The molecule has 0 radical (unpaired) electrons. The molecule has 2 heteroatoms. The van der Waals surface area contributed by atoms with Gasteiger partial charge in [0.2, 0.25) is 0 Å². The number of rotatable bonds is 3. The summed E-state index contributed by atoms with van der Waals surface area (Å²) in [6.45, 7) is 7.95. The second-order valence-corrected chi connectivity index (χ2v) is 8.11. The number of thiophene rings is 1. The summed E-state index contributed by atoms with van der Waals surface area (Å²) in [4.78, 5) is 2.99. The smallest absolute Gasteiger partial charge is 0.0302 e. The first-order valence-electron chi connectivity index (χ1n) is 7.88. The Kier molecular flexibility index (Phi) is 5.47. The van der Waals surface area contributed by atoms with Crippen molar-refractivity contribution in [1.29, 1.82) is 0 Å². The summed E-state index contributed by atoms with van der Waals surface area (Å²) in [6.07, 6.45) is 9.89. The average Bonchev–Trinajstić information content (AvgIpc) is 2.76. The van der Waals surface area contributed by atoms with Crippen molar-refractivity contribution in [2.24, 2.45) is 0 Å². The Morgan fingerprint density at radius 3 is 2.26 bits per heavy atom. The zero-order chi connectivity index (χ0) is 13.7. The maximum atomic E-state index is 3.78. The highest BCUT2D eigenvalue weighted by atomic mass is 32.1. The van der Waals surface area contributed by atoms with E-state index in [2.05, 4.69) is 38.2 Å². The van der Waals surface area contributed by atoms with Gasteiger partial charge in [-0.05, 0) is 30.4 Å². The Hall–Kier alpha value is -0.340. The van der Waals surface area contributed by atoms with Crippen molar-refractivity contribution in [2.45, 2.75) is 83.7 Å². The quantitative estimate of drug-likeness (QED) is 0.797. The van der Waals surface area contributed by atoms with Crippen molar-refractivity contribution in [1.82, 2.24) is 5.32 Å². The fourth-order valence-electron chi connectivity index (χ4n) is 2.78. The van der Waals surface area contributed by atoms with Crippen molar-refractivity contribution < 1.29 is 0 Å². The topological polar surface area (TPSA) is 12.0 Å². The van der Waals surface area contributed by atoms with Crippen molar-refractivity contribution in [3.63, 3.8) is 0 Å². The first kappa shape index (κ1) is 15.1. The number of hydrogen-bond acceptors (Lipinski definition) is 2. The molecule has 108 valence electrons. The minimum absolute atomic E-state index is 0.295. The summed E-state index contributed by atoms with van der Waals surface area (Å²) in [5.41, 5.74) is 0.295. The van der Waals surface area contributed by atoms with Gasteiger partial charge in [0.25, 0.3) is 0 Å². The van der Waals surface area contributed by atoms with E-state index in [1.165, 1.54) is 54.7 Å². The summed E-state index contributed by atoms with van der Waals surface area (Å²) in [5, 5.41) is 3.78. The van der Waals surface area contributed by atoms with Crippen LogP contribution in [-0.2, 0) is 12.0 Å². The first-order valence-corrected chi connectivity index (χ1v) is 8.70. The van der Waals surface area contributed by atoms with E-state index in [0.717, 1.165) is 12.6 Å². The summed E-state index contributed by atoms with van der Waals surface area (Å²) in [7, 11) is 0. The molecule has 0 saturated heterocycles. The van der Waals surface area contributed by atoms with Crippen molar-refractivity contribution >= 4 is 11.3 Å². The van der Waals surface area contributed by atoms with Gasteiger partial charge in [-0.2, -0.15) is 0 Å². The molecule has 0 spiro atoms. The molecular weight excluding hydrogens is 250 g/mol. The molecule has 1 heterocycles. The SMILES string of the molecule is CC(C)(C)c1ccc(CNC2CCCCCCC2)s1. The molecule has 1 aliphatic rings. The van der Waals surface area contributed by atoms with Crippen LogP contribution < -0.4 is 5.32 Å². The van der Waals surface area contributed by atoms with Crippen LogP contribution in [0, 0.1) is 0 Å². The summed E-state index contributed by atoms with van der Waals surface area (Å²) < 4.78 is 0. The second kappa shape index (κ2) is 6.90. The fourth-order valence-corrected chi connectivity index (χ4v) is 3.80. The maximum absolute atomic E-state index is 3.78. The highest BCUT2D eigenvalue weighted by molar-refractivity contribution is 7.12.